The lowest BCUT2D eigenvalue weighted by atomic mass is 9.86. The molecule has 2 aliphatic rings. The fraction of sp³-hybridized carbons (Fsp3) is 0.875. The summed E-state index contributed by atoms with van der Waals surface area (Å²) in [5.41, 5.74) is 5.64. The van der Waals surface area contributed by atoms with Gasteiger partial charge < -0.3 is 10.6 Å². The van der Waals surface area contributed by atoms with Crippen molar-refractivity contribution in [2.45, 2.75) is 43.8 Å². The van der Waals surface area contributed by atoms with Crippen molar-refractivity contribution in [1.82, 2.24) is 4.90 Å². The zero-order chi connectivity index (χ0) is 7.84. The summed E-state index contributed by atoms with van der Waals surface area (Å²) in [5.74, 6) is 0. The number of hydrogen-bond acceptors (Lipinski definition) is 2. The molecule has 4 heteroatoms. The molecule has 0 aromatic heterocycles. The smallest absolute Gasteiger partial charge is 0.210 e. The van der Waals surface area contributed by atoms with Gasteiger partial charge in [-0.3, -0.25) is 4.79 Å². The molecule has 2 saturated carbocycles. The van der Waals surface area contributed by atoms with E-state index in [1.54, 1.807) is 0 Å². The SMILES string of the molecule is Cl.NC1CC(N(C=O)C2CC2)C1. The molecule has 3 nitrogen and oxygen atoms in total. The summed E-state index contributed by atoms with van der Waals surface area (Å²) >= 11 is 0. The molecule has 0 unspecified atom stereocenters. The highest BCUT2D eigenvalue weighted by molar-refractivity contribution is 5.85. The number of amides is 1. The number of carbonyl (C=O) groups excluding carboxylic acids is 1. The van der Waals surface area contributed by atoms with Gasteiger partial charge in [0.2, 0.25) is 6.41 Å². The van der Waals surface area contributed by atoms with Gasteiger partial charge in [-0.1, -0.05) is 0 Å². The number of halogens is 1. The monoisotopic (exact) mass is 190 g/mol. The van der Waals surface area contributed by atoms with E-state index in [-0.39, 0.29) is 12.4 Å². The second-order valence-electron chi connectivity index (χ2n) is 3.67. The van der Waals surface area contributed by atoms with Crippen LogP contribution in [0, 0.1) is 0 Å². The Kier molecular flexibility index (Phi) is 2.96. The Morgan fingerprint density at radius 3 is 2.17 bits per heavy atom. The van der Waals surface area contributed by atoms with Gasteiger partial charge in [-0.2, -0.15) is 0 Å². The van der Waals surface area contributed by atoms with Crippen molar-refractivity contribution in [2.24, 2.45) is 5.73 Å². The van der Waals surface area contributed by atoms with Gasteiger partial charge in [0.15, 0.2) is 0 Å². The lowest BCUT2D eigenvalue weighted by Gasteiger charge is -2.39. The summed E-state index contributed by atoms with van der Waals surface area (Å²) in [6.07, 6.45) is 5.41. The first-order chi connectivity index (χ1) is 5.31. The van der Waals surface area contributed by atoms with Crippen LogP contribution in [0.15, 0.2) is 0 Å². The van der Waals surface area contributed by atoms with Gasteiger partial charge >= 0.3 is 0 Å². The molecule has 2 fully saturated rings. The summed E-state index contributed by atoms with van der Waals surface area (Å²) < 4.78 is 0. The Hall–Kier alpha value is -0.280. The van der Waals surface area contributed by atoms with Crippen molar-refractivity contribution in [3.05, 3.63) is 0 Å². The van der Waals surface area contributed by atoms with Crippen LogP contribution in [0.1, 0.15) is 25.7 Å². The van der Waals surface area contributed by atoms with E-state index in [0.717, 1.165) is 19.3 Å². The van der Waals surface area contributed by atoms with Crippen molar-refractivity contribution in [1.29, 1.82) is 0 Å². The van der Waals surface area contributed by atoms with E-state index in [0.29, 0.717) is 18.1 Å². The van der Waals surface area contributed by atoms with Crippen LogP contribution in [0.3, 0.4) is 0 Å². The summed E-state index contributed by atoms with van der Waals surface area (Å²) in [7, 11) is 0. The maximum absolute atomic E-state index is 10.6. The Morgan fingerprint density at radius 1 is 1.25 bits per heavy atom. The van der Waals surface area contributed by atoms with Gasteiger partial charge in [0, 0.05) is 18.1 Å². The molecule has 0 aliphatic heterocycles. The van der Waals surface area contributed by atoms with E-state index in [1.165, 1.54) is 12.8 Å². The molecular weight excluding hydrogens is 176 g/mol. The average Bonchev–Trinajstić information content (AvgIpc) is 2.69. The quantitative estimate of drug-likeness (QED) is 0.660. The fourth-order valence-corrected chi connectivity index (χ4v) is 1.72. The third kappa shape index (κ3) is 1.72. The maximum atomic E-state index is 10.6. The van der Waals surface area contributed by atoms with Crippen molar-refractivity contribution in [2.75, 3.05) is 0 Å². The lowest BCUT2D eigenvalue weighted by molar-refractivity contribution is -0.122. The molecule has 0 aromatic rings. The van der Waals surface area contributed by atoms with Gasteiger partial charge in [-0.05, 0) is 25.7 Å². The molecule has 2 rings (SSSR count). The third-order valence-electron chi connectivity index (χ3n) is 2.66. The normalized spacial score (nSPS) is 33.1. The second kappa shape index (κ2) is 3.62. The van der Waals surface area contributed by atoms with Gasteiger partial charge in [-0.15, -0.1) is 12.4 Å². The molecule has 0 atom stereocenters. The number of nitrogens with zero attached hydrogens (tertiary/aromatic N) is 1. The van der Waals surface area contributed by atoms with Gasteiger partial charge in [0.25, 0.3) is 0 Å². The van der Waals surface area contributed by atoms with E-state index in [1.807, 2.05) is 4.90 Å². The third-order valence-corrected chi connectivity index (χ3v) is 2.66. The molecule has 70 valence electrons. The number of rotatable bonds is 3. The Labute approximate surface area is 78.7 Å². The minimum atomic E-state index is 0. The zero-order valence-corrected chi connectivity index (χ0v) is 7.80. The van der Waals surface area contributed by atoms with Crippen LogP contribution in [-0.4, -0.2) is 29.4 Å². The molecule has 0 saturated heterocycles. The van der Waals surface area contributed by atoms with Crippen molar-refractivity contribution < 1.29 is 4.79 Å². The average molecular weight is 191 g/mol. The van der Waals surface area contributed by atoms with Crippen LogP contribution in [-0.2, 0) is 4.79 Å². The van der Waals surface area contributed by atoms with Crippen molar-refractivity contribution >= 4 is 18.8 Å². The standard InChI is InChI=1S/C8H14N2O.ClH/c9-6-3-8(4-6)10(5-11)7-1-2-7;/h5-8H,1-4,9H2;1H. The first-order valence-electron chi connectivity index (χ1n) is 4.29. The van der Waals surface area contributed by atoms with E-state index in [9.17, 15) is 4.79 Å². The number of nitrogens with two attached hydrogens (primary N) is 1. The van der Waals surface area contributed by atoms with Gasteiger partial charge in [0.1, 0.15) is 0 Å². The van der Waals surface area contributed by atoms with Crippen molar-refractivity contribution in [3.63, 3.8) is 0 Å². The summed E-state index contributed by atoms with van der Waals surface area (Å²) in [6.45, 7) is 0. The molecule has 0 radical (unpaired) electrons. The Bertz CT molecular complexity index is 166. The highest BCUT2D eigenvalue weighted by Gasteiger charge is 2.38. The van der Waals surface area contributed by atoms with Crippen LogP contribution in [0.5, 0.6) is 0 Å². The van der Waals surface area contributed by atoms with Crippen LogP contribution < -0.4 is 5.73 Å². The zero-order valence-electron chi connectivity index (χ0n) is 6.98. The Balaban J connectivity index is 0.000000720. The lowest BCUT2D eigenvalue weighted by Crippen LogP contribution is -2.50. The Morgan fingerprint density at radius 2 is 1.83 bits per heavy atom. The minimum Gasteiger partial charge on any atom is -0.339 e. The summed E-state index contributed by atoms with van der Waals surface area (Å²) in [5, 5.41) is 0. The van der Waals surface area contributed by atoms with Crippen LogP contribution >= 0.6 is 12.4 Å². The highest BCUT2D eigenvalue weighted by atomic mass is 35.5. The summed E-state index contributed by atoms with van der Waals surface area (Å²) in [6, 6.07) is 1.38. The minimum absolute atomic E-state index is 0. The van der Waals surface area contributed by atoms with Crippen LogP contribution in [0.2, 0.25) is 0 Å². The molecule has 0 spiro atoms. The van der Waals surface area contributed by atoms with Gasteiger partial charge in [-0.25, -0.2) is 0 Å². The predicted molar refractivity (Wildman–Crippen MR) is 49.2 cm³/mol. The topological polar surface area (TPSA) is 46.3 Å². The van der Waals surface area contributed by atoms with Crippen molar-refractivity contribution in [3.8, 4) is 0 Å². The molecule has 1 amide bonds. The molecule has 0 heterocycles. The maximum Gasteiger partial charge on any atom is 0.210 e. The van der Waals surface area contributed by atoms with Gasteiger partial charge in [0.05, 0.1) is 0 Å². The molecule has 0 aromatic carbocycles. The van der Waals surface area contributed by atoms with E-state index < -0.39 is 0 Å². The number of hydrogen-bond donors (Lipinski definition) is 1. The molecule has 2 N–H and O–H groups in total. The fourth-order valence-electron chi connectivity index (χ4n) is 1.72. The molecule has 2 aliphatic carbocycles. The van der Waals surface area contributed by atoms with Crippen LogP contribution in [0.4, 0.5) is 0 Å². The predicted octanol–water partition coefficient (Wildman–Crippen LogP) is 0.519. The number of carbonyl (C=O) groups is 1. The second-order valence-corrected chi connectivity index (χ2v) is 3.67. The van der Waals surface area contributed by atoms with E-state index in [2.05, 4.69) is 0 Å². The van der Waals surface area contributed by atoms with E-state index >= 15 is 0 Å². The highest BCUT2D eigenvalue weighted by Crippen LogP contribution is 2.33. The van der Waals surface area contributed by atoms with Crippen LogP contribution in [0.25, 0.3) is 0 Å². The molecule has 0 bridgehead atoms. The summed E-state index contributed by atoms with van der Waals surface area (Å²) in [4.78, 5) is 12.6. The molecule has 12 heavy (non-hydrogen) atoms. The van der Waals surface area contributed by atoms with E-state index in [4.69, 9.17) is 5.73 Å². The first kappa shape index (κ1) is 9.81. The largest absolute Gasteiger partial charge is 0.339 e. The first-order valence-corrected chi connectivity index (χ1v) is 4.29. The molecular formula is C8H15ClN2O.